The molecule has 1 aromatic rings. The maximum absolute atomic E-state index is 12.8. The van der Waals surface area contributed by atoms with Crippen LogP contribution in [0.1, 0.15) is 30.1 Å². The molecule has 0 spiro atoms. The molecule has 1 aliphatic heterocycles. The molecule has 1 saturated heterocycles. The minimum absolute atomic E-state index is 0. The third kappa shape index (κ3) is 5.68. The van der Waals surface area contributed by atoms with Crippen molar-refractivity contribution in [1.29, 1.82) is 0 Å². The Morgan fingerprint density at radius 2 is 2.22 bits per heavy atom. The highest BCUT2D eigenvalue weighted by atomic mass is 35.5. The van der Waals surface area contributed by atoms with E-state index in [0.29, 0.717) is 30.6 Å². The number of amides is 1. The fourth-order valence-electron chi connectivity index (χ4n) is 2.72. The van der Waals surface area contributed by atoms with Crippen molar-refractivity contribution in [2.75, 3.05) is 40.0 Å². The van der Waals surface area contributed by atoms with Crippen LogP contribution in [0.15, 0.2) is 24.3 Å². The summed E-state index contributed by atoms with van der Waals surface area (Å²) in [5.74, 6) is 0.802. The number of carbonyl (C=O) groups excluding carboxylic acids is 1. The summed E-state index contributed by atoms with van der Waals surface area (Å²) in [6, 6.07) is 7.71. The Hall–Kier alpha value is -1.30. The van der Waals surface area contributed by atoms with Gasteiger partial charge in [0.15, 0.2) is 0 Å². The van der Waals surface area contributed by atoms with Crippen LogP contribution in [0, 0.1) is 0 Å². The van der Waals surface area contributed by atoms with Crippen molar-refractivity contribution in [3.8, 4) is 5.75 Å². The Morgan fingerprint density at radius 3 is 2.87 bits per heavy atom. The van der Waals surface area contributed by atoms with Crippen LogP contribution in [0.25, 0.3) is 0 Å². The number of ether oxygens (including phenoxy) is 2. The van der Waals surface area contributed by atoms with E-state index in [1.807, 2.05) is 29.2 Å². The Morgan fingerprint density at radius 1 is 1.39 bits per heavy atom. The minimum Gasteiger partial charge on any atom is -0.491 e. The maximum Gasteiger partial charge on any atom is 0.254 e. The van der Waals surface area contributed by atoms with E-state index in [0.717, 1.165) is 32.5 Å². The van der Waals surface area contributed by atoms with E-state index in [4.69, 9.17) is 9.47 Å². The number of benzene rings is 1. The lowest BCUT2D eigenvalue weighted by atomic mass is 10.1. The summed E-state index contributed by atoms with van der Waals surface area (Å²) in [5, 5.41) is 3.33. The van der Waals surface area contributed by atoms with Crippen LogP contribution in [0.2, 0.25) is 0 Å². The second kappa shape index (κ2) is 10.5. The molecule has 1 heterocycles. The van der Waals surface area contributed by atoms with Crippen LogP contribution in [0.5, 0.6) is 5.75 Å². The summed E-state index contributed by atoms with van der Waals surface area (Å²) in [6.45, 7) is 5.79. The third-order valence-corrected chi connectivity index (χ3v) is 3.84. The molecule has 1 fully saturated rings. The second-order valence-electron chi connectivity index (χ2n) is 5.51. The highest BCUT2D eigenvalue weighted by Crippen LogP contribution is 2.18. The Labute approximate surface area is 144 Å². The zero-order chi connectivity index (χ0) is 15.8. The molecule has 1 amide bonds. The van der Waals surface area contributed by atoms with Crippen molar-refractivity contribution in [3.63, 3.8) is 0 Å². The average Bonchev–Trinajstić information content (AvgIpc) is 3.07. The highest BCUT2D eigenvalue weighted by molar-refractivity contribution is 5.94. The fourth-order valence-corrected chi connectivity index (χ4v) is 2.72. The molecule has 1 N–H and O–H groups in total. The van der Waals surface area contributed by atoms with E-state index in [1.165, 1.54) is 0 Å². The van der Waals surface area contributed by atoms with Gasteiger partial charge in [0.2, 0.25) is 0 Å². The topological polar surface area (TPSA) is 50.8 Å². The first-order valence-corrected chi connectivity index (χ1v) is 7.99. The lowest BCUT2D eigenvalue weighted by Crippen LogP contribution is -2.42. The summed E-state index contributed by atoms with van der Waals surface area (Å²) >= 11 is 0. The largest absolute Gasteiger partial charge is 0.491 e. The Kier molecular flexibility index (Phi) is 8.99. The third-order valence-electron chi connectivity index (χ3n) is 3.84. The van der Waals surface area contributed by atoms with Crippen LogP contribution in [-0.2, 0) is 4.74 Å². The second-order valence-corrected chi connectivity index (χ2v) is 5.51. The van der Waals surface area contributed by atoms with E-state index in [9.17, 15) is 4.79 Å². The number of hydrogen-bond donors (Lipinski definition) is 1. The highest BCUT2D eigenvalue weighted by Gasteiger charge is 2.26. The van der Waals surface area contributed by atoms with Crippen LogP contribution < -0.4 is 10.1 Å². The predicted octanol–water partition coefficient (Wildman–Crippen LogP) is 2.35. The number of nitrogens with zero attached hydrogens (tertiary/aromatic N) is 1. The van der Waals surface area contributed by atoms with Crippen molar-refractivity contribution < 1.29 is 14.3 Å². The minimum atomic E-state index is 0. The molecule has 0 radical (unpaired) electrons. The molecule has 1 aliphatic rings. The Balaban J connectivity index is 0.00000264. The Bertz CT molecular complexity index is 479. The van der Waals surface area contributed by atoms with Gasteiger partial charge in [-0.15, -0.1) is 12.4 Å². The lowest BCUT2D eigenvalue weighted by Gasteiger charge is -2.28. The van der Waals surface area contributed by atoms with Gasteiger partial charge >= 0.3 is 0 Å². The monoisotopic (exact) mass is 342 g/mol. The molecule has 0 saturated carbocycles. The molecule has 0 aromatic heterocycles. The van der Waals surface area contributed by atoms with Crippen LogP contribution >= 0.6 is 12.4 Å². The molecule has 1 atom stereocenters. The molecule has 23 heavy (non-hydrogen) atoms. The lowest BCUT2D eigenvalue weighted by molar-refractivity contribution is 0.0691. The van der Waals surface area contributed by atoms with Crippen molar-refractivity contribution in [2.45, 2.75) is 25.8 Å². The van der Waals surface area contributed by atoms with Gasteiger partial charge in [-0.1, -0.05) is 13.0 Å². The van der Waals surface area contributed by atoms with Gasteiger partial charge in [-0.2, -0.15) is 0 Å². The normalized spacial score (nSPS) is 16.7. The maximum atomic E-state index is 12.8. The van der Waals surface area contributed by atoms with E-state index in [2.05, 4.69) is 12.2 Å². The van der Waals surface area contributed by atoms with Crippen molar-refractivity contribution in [2.24, 2.45) is 0 Å². The van der Waals surface area contributed by atoms with Crippen LogP contribution in [0.4, 0.5) is 0 Å². The number of carbonyl (C=O) groups is 1. The molecule has 0 aliphatic carbocycles. The van der Waals surface area contributed by atoms with Gasteiger partial charge in [-0.25, -0.2) is 0 Å². The summed E-state index contributed by atoms with van der Waals surface area (Å²) in [7, 11) is 1.64. The van der Waals surface area contributed by atoms with Gasteiger partial charge in [0.25, 0.3) is 5.91 Å². The molecular formula is C17H27ClN2O3. The van der Waals surface area contributed by atoms with E-state index in [-0.39, 0.29) is 18.3 Å². The van der Waals surface area contributed by atoms with Gasteiger partial charge < -0.3 is 19.7 Å². The molecule has 0 bridgehead atoms. The number of nitrogens with one attached hydrogen (secondary N) is 1. The van der Waals surface area contributed by atoms with Crippen molar-refractivity contribution in [1.82, 2.24) is 10.2 Å². The SMILES string of the molecule is CCCN(C(=O)c1cccc(OCCOC)c1)C1CCNC1.Cl. The first kappa shape index (κ1) is 19.7. The summed E-state index contributed by atoms with van der Waals surface area (Å²) in [5.41, 5.74) is 0.690. The molecule has 1 unspecified atom stereocenters. The van der Waals surface area contributed by atoms with Gasteiger partial charge in [0, 0.05) is 31.8 Å². The average molecular weight is 343 g/mol. The molecule has 2 rings (SSSR count). The zero-order valence-corrected chi connectivity index (χ0v) is 14.7. The smallest absolute Gasteiger partial charge is 0.254 e. The summed E-state index contributed by atoms with van der Waals surface area (Å²) in [4.78, 5) is 14.8. The molecule has 6 heteroatoms. The number of halogens is 1. The fraction of sp³-hybridized carbons (Fsp3) is 0.588. The predicted molar refractivity (Wildman–Crippen MR) is 93.7 cm³/mol. The molecule has 5 nitrogen and oxygen atoms in total. The van der Waals surface area contributed by atoms with Crippen molar-refractivity contribution >= 4 is 18.3 Å². The van der Waals surface area contributed by atoms with Crippen LogP contribution in [0.3, 0.4) is 0 Å². The quantitative estimate of drug-likeness (QED) is 0.737. The standard InChI is InChI=1S/C17H26N2O3.ClH/c1-3-9-19(15-7-8-18-13-15)17(20)14-5-4-6-16(12-14)22-11-10-21-2;/h4-6,12,15,18H,3,7-11,13H2,1-2H3;1H. The molecular weight excluding hydrogens is 316 g/mol. The van der Waals surface area contributed by atoms with E-state index >= 15 is 0 Å². The first-order valence-electron chi connectivity index (χ1n) is 7.99. The van der Waals surface area contributed by atoms with Crippen molar-refractivity contribution in [3.05, 3.63) is 29.8 Å². The van der Waals surface area contributed by atoms with E-state index < -0.39 is 0 Å². The van der Waals surface area contributed by atoms with Gasteiger partial charge in [-0.3, -0.25) is 4.79 Å². The van der Waals surface area contributed by atoms with Gasteiger partial charge in [0.1, 0.15) is 12.4 Å². The van der Waals surface area contributed by atoms with Crippen LogP contribution in [-0.4, -0.2) is 56.8 Å². The number of hydrogen-bond acceptors (Lipinski definition) is 4. The zero-order valence-electron chi connectivity index (χ0n) is 13.9. The van der Waals surface area contributed by atoms with Gasteiger partial charge in [-0.05, 0) is 37.6 Å². The molecule has 1 aromatic carbocycles. The summed E-state index contributed by atoms with van der Waals surface area (Å²) < 4.78 is 10.6. The number of rotatable bonds is 8. The first-order chi connectivity index (χ1) is 10.8. The number of methoxy groups -OCH3 is 1. The molecule has 130 valence electrons. The van der Waals surface area contributed by atoms with E-state index in [1.54, 1.807) is 7.11 Å². The summed E-state index contributed by atoms with van der Waals surface area (Å²) in [6.07, 6.45) is 1.99. The van der Waals surface area contributed by atoms with Gasteiger partial charge in [0.05, 0.1) is 6.61 Å².